The zero-order valence-corrected chi connectivity index (χ0v) is 24.6. The van der Waals surface area contributed by atoms with Crippen molar-refractivity contribution in [3.8, 4) is 5.75 Å². The van der Waals surface area contributed by atoms with E-state index in [-0.39, 0.29) is 31.8 Å². The Bertz CT molecular complexity index is 1590. The van der Waals surface area contributed by atoms with Gasteiger partial charge < -0.3 is 25.0 Å². The van der Waals surface area contributed by atoms with Crippen LogP contribution in [0.4, 0.5) is 19.3 Å². The molecule has 0 spiro atoms. The van der Waals surface area contributed by atoms with Crippen molar-refractivity contribution in [2.24, 2.45) is 5.92 Å². The van der Waals surface area contributed by atoms with Crippen LogP contribution in [0.2, 0.25) is 0 Å². The smallest absolute Gasteiger partial charge is 0.417 e. The second-order valence-corrected chi connectivity index (χ2v) is 10.8. The lowest BCUT2D eigenvalue weighted by Gasteiger charge is -2.35. The molecule has 1 saturated heterocycles. The van der Waals surface area contributed by atoms with Crippen LogP contribution in [0.25, 0.3) is 0 Å². The zero-order chi connectivity index (χ0) is 32.0. The topological polar surface area (TPSA) is 108 Å². The molecule has 5 rings (SSSR count). The van der Waals surface area contributed by atoms with Crippen LogP contribution in [-0.2, 0) is 20.1 Å². The number of carbonyl (C=O) groups excluding carboxylic acids is 2. The normalized spacial score (nSPS) is 17.3. The fourth-order valence-electron chi connectivity index (χ4n) is 5.62. The molecule has 8 nitrogen and oxygen atoms in total. The van der Waals surface area contributed by atoms with Gasteiger partial charge in [-0.1, -0.05) is 54.6 Å². The molecule has 0 bridgehead atoms. The number of imide groups is 1. The van der Waals surface area contributed by atoms with E-state index in [0.717, 1.165) is 4.90 Å². The van der Waals surface area contributed by atoms with Gasteiger partial charge in [-0.2, -0.15) is 0 Å². The van der Waals surface area contributed by atoms with Gasteiger partial charge in [0, 0.05) is 24.3 Å². The van der Waals surface area contributed by atoms with E-state index in [1.165, 1.54) is 60.7 Å². The van der Waals surface area contributed by atoms with Gasteiger partial charge in [-0.3, -0.25) is 4.79 Å². The maximum Gasteiger partial charge on any atom is 0.417 e. The first kappa shape index (κ1) is 31.6. The third kappa shape index (κ3) is 7.30. The van der Waals surface area contributed by atoms with Crippen molar-refractivity contribution < 1.29 is 38.1 Å². The van der Waals surface area contributed by atoms with E-state index in [4.69, 9.17) is 9.47 Å². The lowest BCUT2D eigenvalue weighted by molar-refractivity contribution is -0.216. The Balaban J connectivity index is 1.58. The Kier molecular flexibility index (Phi) is 9.75. The summed E-state index contributed by atoms with van der Waals surface area (Å²) in [6, 6.07) is 24.6. The zero-order valence-electron chi connectivity index (χ0n) is 24.6. The first-order valence-electron chi connectivity index (χ1n) is 14.7. The van der Waals surface area contributed by atoms with Crippen LogP contribution in [0.1, 0.15) is 48.5 Å². The predicted molar refractivity (Wildman–Crippen MR) is 163 cm³/mol. The lowest BCUT2D eigenvalue weighted by Crippen LogP contribution is -2.43. The minimum atomic E-state index is -1.89. The van der Waals surface area contributed by atoms with E-state index in [0.29, 0.717) is 22.4 Å². The molecule has 3 N–H and O–H groups in total. The van der Waals surface area contributed by atoms with Crippen LogP contribution in [-0.4, -0.2) is 40.3 Å². The van der Waals surface area contributed by atoms with Gasteiger partial charge in [0.05, 0.1) is 12.0 Å². The van der Waals surface area contributed by atoms with Gasteiger partial charge in [-0.25, -0.2) is 18.5 Å². The highest BCUT2D eigenvalue weighted by Crippen LogP contribution is 2.39. The van der Waals surface area contributed by atoms with E-state index in [1.807, 2.05) is 6.07 Å². The second kappa shape index (κ2) is 13.9. The monoisotopic (exact) mass is 616 g/mol. The number of nitrogens with one attached hydrogen (secondary N) is 1. The Morgan fingerprint density at radius 2 is 1.60 bits per heavy atom. The number of halogens is 2. The SMILES string of the molecule is CCOC(O)(CC[C@@H](C(=O)N1C(=O)OC[C@@H]1c1ccccc1)C(Nc1ccc(F)cc1)c1ccc(O)cc1)c1ccc(F)cc1. The fourth-order valence-corrected chi connectivity index (χ4v) is 5.62. The summed E-state index contributed by atoms with van der Waals surface area (Å²) >= 11 is 0. The summed E-state index contributed by atoms with van der Waals surface area (Å²) in [7, 11) is 0. The molecular weight excluding hydrogens is 582 g/mol. The molecule has 0 aliphatic carbocycles. The summed E-state index contributed by atoms with van der Waals surface area (Å²) in [6.07, 6.45) is -0.928. The molecule has 0 aromatic heterocycles. The van der Waals surface area contributed by atoms with Crippen molar-refractivity contribution in [1.29, 1.82) is 0 Å². The maximum absolute atomic E-state index is 14.6. The third-order valence-corrected chi connectivity index (χ3v) is 7.91. The summed E-state index contributed by atoms with van der Waals surface area (Å²) in [6.45, 7) is 1.79. The van der Waals surface area contributed by atoms with Crippen molar-refractivity contribution in [2.45, 2.75) is 37.6 Å². The van der Waals surface area contributed by atoms with E-state index in [2.05, 4.69) is 5.32 Å². The van der Waals surface area contributed by atoms with Gasteiger partial charge in [0.15, 0.2) is 5.79 Å². The van der Waals surface area contributed by atoms with E-state index < -0.39 is 47.4 Å². The number of phenols is 1. The molecule has 2 amide bonds. The molecule has 0 radical (unpaired) electrons. The first-order valence-corrected chi connectivity index (χ1v) is 14.7. The van der Waals surface area contributed by atoms with Gasteiger partial charge >= 0.3 is 6.09 Å². The quantitative estimate of drug-likeness (QED) is 0.150. The molecule has 4 atom stereocenters. The molecule has 2 unspecified atom stereocenters. The Morgan fingerprint density at radius 1 is 0.978 bits per heavy atom. The number of phenolic OH excluding ortho intramolecular Hbond substituents is 1. The molecule has 1 fully saturated rings. The first-order chi connectivity index (χ1) is 21.7. The molecule has 234 valence electrons. The minimum absolute atomic E-state index is 0.0106. The van der Waals surface area contributed by atoms with E-state index >= 15 is 0 Å². The number of anilines is 1. The average Bonchev–Trinajstić information content (AvgIpc) is 3.44. The number of hydrogen-bond acceptors (Lipinski definition) is 7. The largest absolute Gasteiger partial charge is 0.508 e. The molecule has 4 aromatic rings. The molecule has 10 heteroatoms. The van der Waals surface area contributed by atoms with E-state index in [1.54, 1.807) is 43.3 Å². The summed E-state index contributed by atoms with van der Waals surface area (Å²) in [5, 5.41) is 25.0. The number of aromatic hydroxyl groups is 1. The van der Waals surface area contributed by atoms with Gasteiger partial charge in [0.2, 0.25) is 5.91 Å². The van der Waals surface area contributed by atoms with Crippen molar-refractivity contribution in [1.82, 2.24) is 4.90 Å². The number of aliphatic hydroxyl groups is 1. The number of ether oxygens (including phenoxy) is 2. The third-order valence-electron chi connectivity index (χ3n) is 7.91. The predicted octanol–water partition coefficient (Wildman–Crippen LogP) is 6.82. The highest BCUT2D eigenvalue weighted by atomic mass is 19.1. The molecule has 1 aliphatic heterocycles. The molecule has 0 saturated carbocycles. The summed E-state index contributed by atoms with van der Waals surface area (Å²) < 4.78 is 38.7. The summed E-state index contributed by atoms with van der Waals surface area (Å²) in [5.74, 6) is -4.40. The molecular formula is C35H34F2N2O6. The van der Waals surface area contributed by atoms with Gasteiger partial charge in [0.1, 0.15) is 30.0 Å². The van der Waals surface area contributed by atoms with Gasteiger partial charge in [-0.15, -0.1) is 0 Å². The van der Waals surface area contributed by atoms with Gasteiger partial charge in [-0.05, 0) is 73.0 Å². The highest BCUT2D eigenvalue weighted by Gasteiger charge is 2.45. The number of carbonyl (C=O) groups is 2. The highest BCUT2D eigenvalue weighted by molar-refractivity contribution is 5.95. The molecule has 4 aromatic carbocycles. The van der Waals surface area contributed by atoms with Crippen LogP contribution in [0.3, 0.4) is 0 Å². The number of cyclic esters (lactones) is 1. The van der Waals surface area contributed by atoms with Gasteiger partial charge in [0.25, 0.3) is 0 Å². The Labute approximate surface area is 259 Å². The minimum Gasteiger partial charge on any atom is -0.508 e. The van der Waals surface area contributed by atoms with Crippen molar-refractivity contribution in [2.75, 3.05) is 18.5 Å². The van der Waals surface area contributed by atoms with Crippen LogP contribution in [0.5, 0.6) is 5.75 Å². The standard InChI is InChI=1S/C35H34F2N2O6/c1-2-45-35(43,25-10-12-26(36)13-11-25)21-20-30(33(41)39-31(22-44-34(39)42)23-6-4-3-5-7-23)32(24-8-18-29(40)19-9-24)38-28-16-14-27(37)15-17-28/h3-19,30-32,38,40,43H,2,20-22H2,1H3/t30-,31-,32?,35?/m1/s1. The van der Waals surface area contributed by atoms with Crippen LogP contribution < -0.4 is 5.32 Å². The molecule has 1 heterocycles. The molecule has 45 heavy (non-hydrogen) atoms. The van der Waals surface area contributed by atoms with E-state index in [9.17, 15) is 28.6 Å². The molecule has 1 aliphatic rings. The van der Waals surface area contributed by atoms with Crippen LogP contribution in [0.15, 0.2) is 103 Å². The van der Waals surface area contributed by atoms with Crippen molar-refractivity contribution in [3.63, 3.8) is 0 Å². The fraction of sp³-hybridized carbons (Fsp3) is 0.257. The summed E-state index contributed by atoms with van der Waals surface area (Å²) in [5.41, 5.74) is 2.09. The number of nitrogens with zero attached hydrogens (tertiary/aromatic N) is 1. The van der Waals surface area contributed by atoms with Crippen molar-refractivity contribution >= 4 is 17.7 Å². The summed E-state index contributed by atoms with van der Waals surface area (Å²) in [4.78, 5) is 28.9. The number of rotatable bonds is 12. The van der Waals surface area contributed by atoms with Crippen LogP contribution >= 0.6 is 0 Å². The maximum atomic E-state index is 14.6. The average molecular weight is 617 g/mol. The van der Waals surface area contributed by atoms with Crippen molar-refractivity contribution in [3.05, 3.63) is 131 Å². The lowest BCUT2D eigenvalue weighted by atomic mass is 9.84. The number of amides is 2. The Morgan fingerprint density at radius 3 is 2.22 bits per heavy atom. The second-order valence-electron chi connectivity index (χ2n) is 10.8. The van der Waals surface area contributed by atoms with Crippen LogP contribution in [0, 0.1) is 17.6 Å². The number of hydrogen-bond donors (Lipinski definition) is 3. The Hall–Kier alpha value is -4.80. The number of benzene rings is 4.